The Labute approximate surface area is 141 Å². The molecule has 0 unspecified atom stereocenters. The smallest absolute Gasteiger partial charge is 0.165 e. The number of rotatable bonds is 1. The second-order valence-electron chi connectivity index (χ2n) is 4.32. The van der Waals surface area contributed by atoms with E-state index in [1.165, 1.54) is 6.07 Å². The van der Waals surface area contributed by atoms with Crippen LogP contribution in [0.25, 0.3) is 22.3 Å². The van der Waals surface area contributed by atoms with Crippen molar-refractivity contribution in [1.29, 1.82) is 0 Å². The first kappa shape index (κ1) is 14.7. The Morgan fingerprint density at radius 2 is 1.90 bits per heavy atom. The molecule has 0 atom stereocenters. The van der Waals surface area contributed by atoms with Crippen molar-refractivity contribution in [1.82, 2.24) is 9.97 Å². The van der Waals surface area contributed by atoms with Gasteiger partial charge in [-0.15, -0.1) is 0 Å². The van der Waals surface area contributed by atoms with E-state index < -0.39 is 5.82 Å². The lowest BCUT2D eigenvalue weighted by atomic mass is 10.1. The molecule has 3 nitrogen and oxygen atoms in total. The molecule has 0 saturated carbocycles. The number of nitrogens with zero attached hydrogens (tertiary/aromatic N) is 2. The number of benzene rings is 2. The highest BCUT2D eigenvalue weighted by atomic mass is 79.9. The number of hydrogen-bond acceptors (Lipinski definition) is 3. The lowest BCUT2D eigenvalue weighted by Crippen LogP contribution is -2.00. The molecule has 2 aromatic carbocycles. The summed E-state index contributed by atoms with van der Waals surface area (Å²) in [5.41, 5.74) is 6.80. The van der Waals surface area contributed by atoms with Crippen molar-refractivity contribution < 1.29 is 4.39 Å². The van der Waals surface area contributed by atoms with Crippen LogP contribution in [-0.2, 0) is 0 Å². The molecule has 7 heteroatoms. The fourth-order valence-corrected chi connectivity index (χ4v) is 3.47. The SMILES string of the molecule is Nc1nc(-c2cccc(Cl)c2F)nc2c(Br)cc(Br)cc12. The van der Waals surface area contributed by atoms with Crippen molar-refractivity contribution in [3.8, 4) is 11.4 Å². The van der Waals surface area contributed by atoms with Crippen LogP contribution in [0.3, 0.4) is 0 Å². The van der Waals surface area contributed by atoms with Crippen LogP contribution in [0.2, 0.25) is 5.02 Å². The van der Waals surface area contributed by atoms with Gasteiger partial charge in [-0.05, 0) is 40.2 Å². The number of anilines is 1. The van der Waals surface area contributed by atoms with Gasteiger partial charge in [0.1, 0.15) is 5.82 Å². The molecular formula is C14H7Br2ClFN3. The molecule has 0 aliphatic carbocycles. The second kappa shape index (κ2) is 5.51. The molecule has 2 N–H and O–H groups in total. The van der Waals surface area contributed by atoms with Crippen LogP contribution in [0.1, 0.15) is 0 Å². The van der Waals surface area contributed by atoms with Gasteiger partial charge in [-0.1, -0.05) is 33.6 Å². The first-order chi connectivity index (χ1) is 9.97. The molecule has 0 radical (unpaired) electrons. The number of hydrogen-bond donors (Lipinski definition) is 1. The van der Waals surface area contributed by atoms with Crippen molar-refractivity contribution >= 4 is 60.2 Å². The molecule has 0 aliphatic rings. The van der Waals surface area contributed by atoms with Gasteiger partial charge in [-0.3, -0.25) is 0 Å². The van der Waals surface area contributed by atoms with Crippen LogP contribution in [0.4, 0.5) is 10.2 Å². The maximum Gasteiger partial charge on any atom is 0.165 e. The van der Waals surface area contributed by atoms with E-state index in [4.69, 9.17) is 17.3 Å². The van der Waals surface area contributed by atoms with Crippen molar-refractivity contribution in [3.63, 3.8) is 0 Å². The van der Waals surface area contributed by atoms with Gasteiger partial charge in [-0.25, -0.2) is 14.4 Å². The van der Waals surface area contributed by atoms with Crippen molar-refractivity contribution in [2.75, 3.05) is 5.73 Å². The largest absolute Gasteiger partial charge is 0.383 e. The fourth-order valence-electron chi connectivity index (χ4n) is 1.98. The average molecular weight is 431 g/mol. The molecule has 0 spiro atoms. The minimum atomic E-state index is -0.564. The normalized spacial score (nSPS) is 11.0. The molecule has 1 heterocycles. The number of aromatic nitrogens is 2. The standard InChI is InChI=1S/C14H7Br2ClFN3/c15-6-4-8-12(9(16)5-6)20-14(21-13(8)19)7-2-1-3-10(17)11(7)18/h1-5H,(H2,19,20,21). The van der Waals surface area contributed by atoms with Crippen LogP contribution in [0, 0.1) is 5.82 Å². The molecule has 0 bridgehead atoms. The number of nitrogens with two attached hydrogens (primary N) is 1. The Hall–Kier alpha value is -1.24. The Balaban J connectivity index is 2.33. The zero-order valence-corrected chi connectivity index (χ0v) is 14.3. The highest BCUT2D eigenvalue weighted by Crippen LogP contribution is 2.33. The van der Waals surface area contributed by atoms with E-state index in [0.717, 1.165) is 8.95 Å². The molecule has 1 aromatic heterocycles. The van der Waals surface area contributed by atoms with Crippen LogP contribution in [-0.4, -0.2) is 9.97 Å². The third kappa shape index (κ3) is 2.63. The minimum absolute atomic E-state index is 0.0182. The maximum atomic E-state index is 14.1. The average Bonchev–Trinajstić information content (AvgIpc) is 2.43. The molecule has 106 valence electrons. The lowest BCUT2D eigenvalue weighted by molar-refractivity contribution is 0.630. The molecule has 21 heavy (non-hydrogen) atoms. The second-order valence-corrected chi connectivity index (χ2v) is 6.49. The molecule has 0 amide bonds. The summed E-state index contributed by atoms with van der Waals surface area (Å²) >= 11 is 12.6. The summed E-state index contributed by atoms with van der Waals surface area (Å²) in [6.45, 7) is 0. The lowest BCUT2D eigenvalue weighted by Gasteiger charge is -2.08. The topological polar surface area (TPSA) is 51.8 Å². The summed E-state index contributed by atoms with van der Waals surface area (Å²) in [6.07, 6.45) is 0. The Kier molecular flexibility index (Phi) is 3.86. The van der Waals surface area contributed by atoms with Gasteiger partial charge >= 0.3 is 0 Å². The highest BCUT2D eigenvalue weighted by molar-refractivity contribution is 9.11. The predicted molar refractivity (Wildman–Crippen MR) is 89.8 cm³/mol. The van der Waals surface area contributed by atoms with Crippen molar-refractivity contribution in [2.45, 2.75) is 0 Å². The van der Waals surface area contributed by atoms with Crippen LogP contribution < -0.4 is 5.73 Å². The van der Waals surface area contributed by atoms with Crippen LogP contribution in [0.15, 0.2) is 39.3 Å². The first-order valence-corrected chi connectivity index (χ1v) is 7.80. The van der Waals surface area contributed by atoms with Crippen molar-refractivity contribution in [3.05, 3.63) is 50.1 Å². The van der Waals surface area contributed by atoms with Gasteiger partial charge in [0.2, 0.25) is 0 Å². The summed E-state index contributed by atoms with van der Waals surface area (Å²) in [7, 11) is 0. The molecule has 3 aromatic rings. The zero-order chi connectivity index (χ0) is 15.1. The van der Waals surface area contributed by atoms with E-state index in [2.05, 4.69) is 41.8 Å². The summed E-state index contributed by atoms with van der Waals surface area (Å²) in [6, 6.07) is 8.33. The Morgan fingerprint density at radius 1 is 1.14 bits per heavy atom. The fraction of sp³-hybridized carbons (Fsp3) is 0. The summed E-state index contributed by atoms with van der Waals surface area (Å²) in [4.78, 5) is 8.57. The maximum absolute atomic E-state index is 14.1. The first-order valence-electron chi connectivity index (χ1n) is 5.84. The summed E-state index contributed by atoms with van der Waals surface area (Å²) in [5.74, 6) is -0.0921. The third-order valence-corrected chi connectivity index (χ3v) is 4.29. The highest BCUT2D eigenvalue weighted by Gasteiger charge is 2.15. The van der Waals surface area contributed by atoms with Gasteiger partial charge in [0.05, 0.1) is 16.1 Å². The van der Waals surface area contributed by atoms with E-state index in [-0.39, 0.29) is 22.2 Å². The number of nitrogen functional groups attached to an aromatic ring is 1. The van der Waals surface area contributed by atoms with E-state index >= 15 is 0 Å². The van der Waals surface area contributed by atoms with Gasteiger partial charge in [0, 0.05) is 14.3 Å². The van der Waals surface area contributed by atoms with E-state index in [1.54, 1.807) is 12.1 Å². The summed E-state index contributed by atoms with van der Waals surface area (Å²) < 4.78 is 15.7. The number of fused-ring (bicyclic) bond motifs is 1. The third-order valence-electron chi connectivity index (χ3n) is 2.94. The monoisotopic (exact) mass is 429 g/mol. The Bertz CT molecular complexity index is 870. The minimum Gasteiger partial charge on any atom is -0.383 e. The van der Waals surface area contributed by atoms with E-state index in [9.17, 15) is 4.39 Å². The van der Waals surface area contributed by atoms with E-state index in [0.29, 0.717) is 10.9 Å². The van der Waals surface area contributed by atoms with Crippen LogP contribution >= 0.6 is 43.5 Å². The van der Waals surface area contributed by atoms with Gasteiger partial charge in [0.25, 0.3) is 0 Å². The Morgan fingerprint density at radius 3 is 2.67 bits per heavy atom. The zero-order valence-electron chi connectivity index (χ0n) is 10.4. The molecular weight excluding hydrogens is 424 g/mol. The van der Waals surface area contributed by atoms with Gasteiger partial charge < -0.3 is 5.73 Å². The summed E-state index contributed by atoms with van der Waals surface area (Å²) in [5, 5.41) is 0.701. The molecule has 0 fully saturated rings. The number of halogens is 4. The van der Waals surface area contributed by atoms with E-state index in [1.807, 2.05) is 12.1 Å². The van der Waals surface area contributed by atoms with Gasteiger partial charge in [0.15, 0.2) is 11.6 Å². The molecule has 0 aliphatic heterocycles. The molecule has 3 rings (SSSR count). The predicted octanol–water partition coefficient (Wildman–Crippen LogP) is 5.20. The quantitative estimate of drug-likeness (QED) is 0.576. The molecule has 0 saturated heterocycles. The van der Waals surface area contributed by atoms with Gasteiger partial charge in [-0.2, -0.15) is 0 Å². The van der Waals surface area contributed by atoms with Crippen molar-refractivity contribution in [2.24, 2.45) is 0 Å². The van der Waals surface area contributed by atoms with Crippen LogP contribution in [0.5, 0.6) is 0 Å².